The van der Waals surface area contributed by atoms with Gasteiger partial charge in [0.1, 0.15) is 10.6 Å². The molecular weight excluding hydrogens is 366 g/mol. The first-order valence-corrected chi connectivity index (χ1v) is 9.30. The van der Waals surface area contributed by atoms with E-state index in [2.05, 4.69) is 0 Å². The number of fused-ring (bicyclic) bond motifs is 1. The Hall–Kier alpha value is -2.25. The average molecular weight is 382 g/mol. The Morgan fingerprint density at radius 3 is 2.64 bits per heavy atom. The van der Waals surface area contributed by atoms with Crippen molar-refractivity contribution in [2.75, 3.05) is 18.0 Å². The predicted molar refractivity (Wildman–Crippen MR) is 94.4 cm³/mol. The molecule has 2 aromatic rings. The summed E-state index contributed by atoms with van der Waals surface area (Å²) in [7, 11) is -2.56. The molecule has 0 unspecified atom stereocenters. The SMILES string of the molecule is COc1ccc(Cl)cc1S(=O)(=O)N1CCc2c(C)cc(C(=O)O)cc21. The van der Waals surface area contributed by atoms with E-state index in [1.54, 1.807) is 19.1 Å². The number of carboxylic acids is 1. The Labute approximate surface area is 150 Å². The lowest BCUT2D eigenvalue weighted by atomic mass is 10.0. The van der Waals surface area contributed by atoms with Gasteiger partial charge in [0.25, 0.3) is 10.0 Å². The van der Waals surface area contributed by atoms with E-state index in [-0.39, 0.29) is 27.8 Å². The highest BCUT2D eigenvalue weighted by atomic mass is 35.5. The van der Waals surface area contributed by atoms with Gasteiger partial charge in [-0.05, 0) is 54.8 Å². The van der Waals surface area contributed by atoms with E-state index >= 15 is 0 Å². The van der Waals surface area contributed by atoms with Gasteiger partial charge in [-0.3, -0.25) is 4.31 Å². The van der Waals surface area contributed by atoms with Crippen LogP contribution in [0.1, 0.15) is 21.5 Å². The molecule has 0 bridgehead atoms. The topological polar surface area (TPSA) is 83.9 Å². The highest BCUT2D eigenvalue weighted by Gasteiger charge is 2.34. The number of methoxy groups -OCH3 is 1. The fourth-order valence-electron chi connectivity index (χ4n) is 3.02. The second-order valence-corrected chi connectivity index (χ2v) is 7.99. The molecule has 0 amide bonds. The molecule has 1 N–H and O–H groups in total. The number of hydrogen-bond donors (Lipinski definition) is 1. The van der Waals surface area contributed by atoms with Crippen molar-refractivity contribution in [1.82, 2.24) is 0 Å². The summed E-state index contributed by atoms with van der Waals surface area (Å²) in [5, 5.41) is 9.53. The fourth-order valence-corrected chi connectivity index (χ4v) is 4.93. The van der Waals surface area contributed by atoms with Gasteiger partial charge in [-0.1, -0.05) is 11.6 Å². The van der Waals surface area contributed by atoms with E-state index in [9.17, 15) is 18.3 Å². The van der Waals surface area contributed by atoms with Crippen molar-refractivity contribution in [1.29, 1.82) is 0 Å². The molecule has 1 heterocycles. The molecule has 1 aliphatic rings. The molecular formula is C17H16ClNO5S. The van der Waals surface area contributed by atoms with Crippen molar-refractivity contribution in [2.45, 2.75) is 18.2 Å². The minimum absolute atomic E-state index is 0.0475. The van der Waals surface area contributed by atoms with Crippen molar-refractivity contribution in [3.63, 3.8) is 0 Å². The minimum Gasteiger partial charge on any atom is -0.495 e. The zero-order valence-electron chi connectivity index (χ0n) is 13.6. The number of benzene rings is 2. The van der Waals surface area contributed by atoms with Crippen molar-refractivity contribution >= 4 is 33.3 Å². The van der Waals surface area contributed by atoms with Gasteiger partial charge in [-0.25, -0.2) is 13.2 Å². The quantitative estimate of drug-likeness (QED) is 0.879. The van der Waals surface area contributed by atoms with Crippen LogP contribution >= 0.6 is 11.6 Å². The van der Waals surface area contributed by atoms with Gasteiger partial charge in [0.2, 0.25) is 0 Å². The Morgan fingerprint density at radius 1 is 1.28 bits per heavy atom. The lowest BCUT2D eigenvalue weighted by molar-refractivity contribution is 0.0697. The molecule has 0 atom stereocenters. The number of anilines is 1. The number of nitrogens with zero attached hydrogens (tertiary/aromatic N) is 1. The number of rotatable bonds is 4. The number of ether oxygens (including phenoxy) is 1. The van der Waals surface area contributed by atoms with Gasteiger partial charge in [0, 0.05) is 11.6 Å². The lowest BCUT2D eigenvalue weighted by Crippen LogP contribution is -2.29. The monoisotopic (exact) mass is 381 g/mol. The number of hydrogen-bond acceptors (Lipinski definition) is 4. The lowest BCUT2D eigenvalue weighted by Gasteiger charge is -2.21. The first kappa shape index (κ1) is 17.6. The largest absolute Gasteiger partial charge is 0.495 e. The number of carbonyl (C=O) groups is 1. The minimum atomic E-state index is -3.95. The fraction of sp³-hybridized carbons (Fsp3) is 0.235. The molecule has 8 heteroatoms. The van der Waals surface area contributed by atoms with E-state index in [1.165, 1.54) is 29.6 Å². The van der Waals surface area contributed by atoms with Gasteiger partial charge in [0.15, 0.2) is 0 Å². The standard InChI is InChI=1S/C17H16ClNO5S/c1-10-7-11(17(20)21)8-14-13(10)5-6-19(14)25(22,23)16-9-12(18)3-4-15(16)24-2/h3-4,7-9H,5-6H2,1-2H3,(H,20,21). The second-order valence-electron chi connectivity index (χ2n) is 5.72. The molecule has 0 aliphatic carbocycles. The number of aromatic carboxylic acids is 1. The second kappa shape index (κ2) is 6.24. The van der Waals surface area contributed by atoms with Crippen LogP contribution in [-0.2, 0) is 16.4 Å². The molecule has 0 saturated carbocycles. The molecule has 0 saturated heterocycles. The van der Waals surface area contributed by atoms with Gasteiger partial charge >= 0.3 is 5.97 Å². The molecule has 0 spiro atoms. The highest BCUT2D eigenvalue weighted by molar-refractivity contribution is 7.93. The number of sulfonamides is 1. The molecule has 3 rings (SSSR count). The summed E-state index contributed by atoms with van der Waals surface area (Å²) in [5.74, 6) is -0.917. The third-order valence-electron chi connectivity index (χ3n) is 4.22. The van der Waals surface area contributed by atoms with E-state index in [0.29, 0.717) is 12.1 Å². The van der Waals surface area contributed by atoms with Gasteiger partial charge < -0.3 is 9.84 Å². The zero-order valence-corrected chi connectivity index (χ0v) is 15.2. The molecule has 0 aromatic heterocycles. The maximum absolute atomic E-state index is 13.2. The number of aryl methyl sites for hydroxylation is 1. The molecule has 132 valence electrons. The summed E-state index contributed by atoms with van der Waals surface area (Å²) in [6.07, 6.45) is 0.517. The summed E-state index contributed by atoms with van der Waals surface area (Å²) in [5.41, 5.74) is 2.02. The van der Waals surface area contributed by atoms with Gasteiger partial charge in [0.05, 0.1) is 18.4 Å². The van der Waals surface area contributed by atoms with Gasteiger partial charge in [-0.2, -0.15) is 0 Å². The molecule has 0 fully saturated rings. The van der Waals surface area contributed by atoms with Crippen molar-refractivity contribution < 1.29 is 23.1 Å². The van der Waals surface area contributed by atoms with Crippen LogP contribution in [-0.4, -0.2) is 33.1 Å². The van der Waals surface area contributed by atoms with Crippen molar-refractivity contribution in [3.05, 3.63) is 52.0 Å². The Bertz CT molecular complexity index is 971. The van der Waals surface area contributed by atoms with Crippen molar-refractivity contribution in [3.8, 4) is 5.75 Å². The summed E-state index contributed by atoms with van der Waals surface area (Å²) in [4.78, 5) is 11.3. The summed E-state index contributed by atoms with van der Waals surface area (Å²) < 4.78 is 32.7. The van der Waals surface area contributed by atoms with Crippen LogP contribution in [0.5, 0.6) is 5.75 Å². The van der Waals surface area contributed by atoms with Crippen LogP contribution in [0.3, 0.4) is 0 Å². The average Bonchev–Trinajstić information content (AvgIpc) is 3.00. The highest BCUT2D eigenvalue weighted by Crippen LogP contribution is 2.38. The molecule has 25 heavy (non-hydrogen) atoms. The molecule has 0 radical (unpaired) electrons. The summed E-state index contributed by atoms with van der Waals surface area (Å²) >= 11 is 5.96. The van der Waals surface area contributed by atoms with Crippen LogP contribution < -0.4 is 9.04 Å². The smallest absolute Gasteiger partial charge is 0.335 e. The third kappa shape index (κ3) is 2.94. The van der Waals surface area contributed by atoms with Crippen LogP contribution in [0.2, 0.25) is 5.02 Å². The predicted octanol–water partition coefficient (Wildman–Crippen LogP) is 3.11. The first-order valence-electron chi connectivity index (χ1n) is 7.49. The first-order chi connectivity index (χ1) is 11.8. The molecule has 6 nitrogen and oxygen atoms in total. The molecule has 2 aromatic carbocycles. The Kier molecular flexibility index (Phi) is 4.38. The maximum atomic E-state index is 13.2. The Balaban J connectivity index is 2.17. The van der Waals surface area contributed by atoms with E-state index in [1.807, 2.05) is 0 Å². The van der Waals surface area contributed by atoms with Gasteiger partial charge in [-0.15, -0.1) is 0 Å². The molecule has 1 aliphatic heterocycles. The van der Waals surface area contributed by atoms with Crippen molar-refractivity contribution in [2.24, 2.45) is 0 Å². The van der Waals surface area contributed by atoms with Crippen LogP contribution in [0.4, 0.5) is 5.69 Å². The zero-order chi connectivity index (χ0) is 18.4. The van der Waals surface area contributed by atoms with Crippen LogP contribution in [0, 0.1) is 6.92 Å². The maximum Gasteiger partial charge on any atom is 0.335 e. The van der Waals surface area contributed by atoms with E-state index in [4.69, 9.17) is 16.3 Å². The third-order valence-corrected chi connectivity index (χ3v) is 6.29. The normalized spacial score (nSPS) is 13.6. The summed E-state index contributed by atoms with van der Waals surface area (Å²) in [6, 6.07) is 7.32. The Morgan fingerprint density at radius 2 is 2.00 bits per heavy atom. The summed E-state index contributed by atoms with van der Waals surface area (Å²) in [6.45, 7) is 2.01. The number of carboxylic acid groups (broad SMARTS) is 1. The van der Waals surface area contributed by atoms with Crippen LogP contribution in [0.15, 0.2) is 35.2 Å². The number of halogens is 1. The van der Waals surface area contributed by atoms with E-state index < -0.39 is 16.0 Å². The van der Waals surface area contributed by atoms with E-state index in [0.717, 1.165) is 11.1 Å². The van der Waals surface area contributed by atoms with Crippen LogP contribution in [0.25, 0.3) is 0 Å².